The van der Waals surface area contributed by atoms with E-state index in [-0.39, 0.29) is 11.7 Å². The molecule has 6 nitrogen and oxygen atoms in total. The molecule has 0 aliphatic rings. The van der Waals surface area contributed by atoms with Crippen LogP contribution in [0.3, 0.4) is 0 Å². The van der Waals surface area contributed by atoms with E-state index in [1.165, 1.54) is 29.7 Å². The van der Waals surface area contributed by atoms with Crippen molar-refractivity contribution in [1.29, 1.82) is 0 Å². The second-order valence-electron chi connectivity index (χ2n) is 6.88. The van der Waals surface area contributed by atoms with Crippen LogP contribution in [0.5, 0.6) is 0 Å². The van der Waals surface area contributed by atoms with Crippen molar-refractivity contribution in [3.05, 3.63) is 101 Å². The molecule has 0 atom stereocenters. The quantitative estimate of drug-likeness (QED) is 0.434. The molecule has 0 radical (unpaired) electrons. The number of halogens is 1. The van der Waals surface area contributed by atoms with Crippen LogP contribution in [0.1, 0.15) is 20.8 Å². The van der Waals surface area contributed by atoms with Gasteiger partial charge in [-0.1, -0.05) is 42.5 Å². The second kappa shape index (κ2) is 8.08. The average molecular weight is 429 g/mol. The maximum Gasteiger partial charge on any atom is 0.262 e. The van der Waals surface area contributed by atoms with Crippen molar-refractivity contribution >= 4 is 28.0 Å². The molecular formula is C23H16FN5OS. The first-order valence-electron chi connectivity index (χ1n) is 9.56. The molecule has 31 heavy (non-hydrogen) atoms. The molecule has 0 aliphatic heterocycles. The Morgan fingerprint density at radius 2 is 1.90 bits per heavy atom. The summed E-state index contributed by atoms with van der Waals surface area (Å²) in [7, 11) is 0. The molecule has 5 rings (SSSR count). The van der Waals surface area contributed by atoms with E-state index >= 15 is 0 Å². The van der Waals surface area contributed by atoms with E-state index in [0.717, 1.165) is 21.7 Å². The maximum absolute atomic E-state index is 13.4. The van der Waals surface area contributed by atoms with E-state index in [9.17, 15) is 9.18 Å². The number of thiazole rings is 1. The lowest BCUT2D eigenvalue weighted by Crippen LogP contribution is -2.11. The summed E-state index contributed by atoms with van der Waals surface area (Å²) in [5, 5.41) is 7.65. The molecule has 2 aromatic carbocycles. The summed E-state index contributed by atoms with van der Waals surface area (Å²) < 4.78 is 15.0. The van der Waals surface area contributed by atoms with Crippen LogP contribution >= 0.6 is 11.3 Å². The zero-order valence-electron chi connectivity index (χ0n) is 16.2. The highest BCUT2D eigenvalue weighted by Gasteiger charge is 2.17. The largest absolute Gasteiger partial charge is 0.298 e. The Bertz CT molecular complexity index is 1380. The molecular weight excluding hydrogens is 413 g/mol. The number of aromatic nitrogens is 4. The lowest BCUT2D eigenvalue weighted by Gasteiger charge is -2.05. The van der Waals surface area contributed by atoms with Crippen LogP contribution in [0.4, 0.5) is 9.52 Å². The number of anilines is 1. The Labute approximate surface area is 181 Å². The molecule has 1 amide bonds. The van der Waals surface area contributed by atoms with Gasteiger partial charge in [0.2, 0.25) is 0 Å². The Hall–Kier alpha value is -3.91. The number of amides is 1. The Kier molecular flexibility index (Phi) is 4.97. The third-order valence-corrected chi connectivity index (χ3v) is 5.67. The zero-order valence-corrected chi connectivity index (χ0v) is 17.0. The van der Waals surface area contributed by atoms with Gasteiger partial charge < -0.3 is 0 Å². The van der Waals surface area contributed by atoms with Crippen LogP contribution in [0.2, 0.25) is 0 Å². The monoisotopic (exact) mass is 429 g/mol. The number of carbonyl (C=O) groups is 1. The predicted octanol–water partition coefficient (Wildman–Crippen LogP) is 4.84. The number of hydrogen-bond acceptors (Lipinski definition) is 5. The van der Waals surface area contributed by atoms with Gasteiger partial charge in [-0.25, -0.2) is 18.9 Å². The van der Waals surface area contributed by atoms with Crippen molar-refractivity contribution in [3.8, 4) is 11.3 Å². The summed E-state index contributed by atoms with van der Waals surface area (Å²) in [6.45, 7) is 0. The van der Waals surface area contributed by atoms with Crippen molar-refractivity contribution in [2.24, 2.45) is 0 Å². The van der Waals surface area contributed by atoms with Crippen LogP contribution in [0.15, 0.2) is 79.3 Å². The normalized spacial score (nSPS) is 11.0. The van der Waals surface area contributed by atoms with Crippen LogP contribution in [0, 0.1) is 5.82 Å². The summed E-state index contributed by atoms with van der Waals surface area (Å²) in [4.78, 5) is 22.4. The summed E-state index contributed by atoms with van der Waals surface area (Å²) in [5.74, 6) is -0.606. The van der Waals surface area contributed by atoms with E-state index < -0.39 is 0 Å². The van der Waals surface area contributed by atoms with Crippen molar-refractivity contribution in [2.45, 2.75) is 6.42 Å². The number of fused-ring (bicyclic) bond motifs is 1. The molecule has 0 spiro atoms. The van der Waals surface area contributed by atoms with E-state index in [2.05, 4.69) is 20.4 Å². The Balaban J connectivity index is 1.37. The number of carbonyl (C=O) groups excluding carboxylic acids is 1. The fourth-order valence-electron chi connectivity index (χ4n) is 3.34. The summed E-state index contributed by atoms with van der Waals surface area (Å²) in [6.07, 6.45) is 5.40. The van der Waals surface area contributed by atoms with Gasteiger partial charge in [-0.2, -0.15) is 5.10 Å². The SMILES string of the molecule is O=C(Nc1ncc(Cc2cccc(F)c2)s1)c1cnn2c(-c3ccccc3)ccnc12. The summed E-state index contributed by atoms with van der Waals surface area (Å²) >= 11 is 1.35. The average Bonchev–Trinajstić information content (AvgIpc) is 3.41. The van der Waals surface area contributed by atoms with Crippen LogP contribution in [-0.2, 0) is 6.42 Å². The molecule has 0 saturated heterocycles. The van der Waals surface area contributed by atoms with E-state index in [1.807, 2.05) is 42.5 Å². The van der Waals surface area contributed by atoms with Gasteiger partial charge in [0.25, 0.3) is 5.91 Å². The highest BCUT2D eigenvalue weighted by atomic mass is 32.1. The van der Waals surface area contributed by atoms with Gasteiger partial charge >= 0.3 is 0 Å². The van der Waals surface area contributed by atoms with Crippen molar-refractivity contribution in [2.75, 3.05) is 5.32 Å². The van der Waals surface area contributed by atoms with E-state index in [1.54, 1.807) is 23.0 Å². The number of hydrogen-bond donors (Lipinski definition) is 1. The number of rotatable bonds is 5. The van der Waals surface area contributed by atoms with Crippen molar-refractivity contribution in [1.82, 2.24) is 19.6 Å². The van der Waals surface area contributed by atoms with Gasteiger partial charge in [0.1, 0.15) is 11.4 Å². The Morgan fingerprint density at radius 1 is 1.03 bits per heavy atom. The van der Waals surface area contributed by atoms with Gasteiger partial charge in [0, 0.05) is 29.3 Å². The molecule has 5 aromatic rings. The van der Waals surface area contributed by atoms with Gasteiger partial charge in [-0.3, -0.25) is 10.1 Å². The van der Waals surface area contributed by atoms with Crippen LogP contribution in [0.25, 0.3) is 16.9 Å². The fourth-order valence-corrected chi connectivity index (χ4v) is 4.18. The first kappa shape index (κ1) is 19.1. The van der Waals surface area contributed by atoms with Gasteiger partial charge in [-0.05, 0) is 23.8 Å². The van der Waals surface area contributed by atoms with Gasteiger partial charge in [-0.15, -0.1) is 11.3 Å². The highest BCUT2D eigenvalue weighted by Crippen LogP contribution is 2.24. The van der Waals surface area contributed by atoms with E-state index in [4.69, 9.17) is 0 Å². The van der Waals surface area contributed by atoms with Gasteiger partial charge in [0.15, 0.2) is 10.8 Å². The molecule has 3 heterocycles. The highest BCUT2D eigenvalue weighted by molar-refractivity contribution is 7.15. The predicted molar refractivity (Wildman–Crippen MR) is 118 cm³/mol. The third-order valence-electron chi connectivity index (χ3n) is 4.76. The molecule has 152 valence electrons. The lowest BCUT2D eigenvalue weighted by molar-refractivity contribution is 0.102. The minimum atomic E-state index is -0.334. The molecule has 8 heteroatoms. The Morgan fingerprint density at radius 3 is 2.74 bits per heavy atom. The zero-order chi connectivity index (χ0) is 21.2. The van der Waals surface area contributed by atoms with Crippen molar-refractivity contribution in [3.63, 3.8) is 0 Å². The first-order valence-corrected chi connectivity index (χ1v) is 10.4. The minimum Gasteiger partial charge on any atom is -0.298 e. The number of nitrogens with one attached hydrogen (secondary N) is 1. The minimum absolute atomic E-state index is 0.272. The molecule has 3 aromatic heterocycles. The molecule has 0 fully saturated rings. The molecule has 1 N–H and O–H groups in total. The smallest absolute Gasteiger partial charge is 0.262 e. The maximum atomic E-state index is 13.4. The molecule has 0 unspecified atom stereocenters. The topological polar surface area (TPSA) is 72.2 Å². The second-order valence-corrected chi connectivity index (χ2v) is 8.00. The van der Waals surface area contributed by atoms with Gasteiger partial charge in [0.05, 0.1) is 11.9 Å². The molecule has 0 bridgehead atoms. The van der Waals surface area contributed by atoms with Crippen LogP contribution < -0.4 is 5.32 Å². The summed E-state index contributed by atoms with van der Waals surface area (Å²) in [6, 6.07) is 18.1. The standard InChI is InChI=1S/C23H16FN5OS/c24-17-8-4-5-15(11-17)12-18-13-26-23(31-18)28-22(30)19-14-27-29-20(9-10-25-21(19)29)16-6-2-1-3-7-16/h1-11,13-14H,12H2,(H,26,28,30). The first-order chi connectivity index (χ1) is 15.2. The number of benzene rings is 2. The lowest BCUT2D eigenvalue weighted by atomic mass is 10.1. The van der Waals surface area contributed by atoms with E-state index in [0.29, 0.717) is 22.8 Å². The fraction of sp³-hybridized carbons (Fsp3) is 0.0435. The van der Waals surface area contributed by atoms with Crippen molar-refractivity contribution < 1.29 is 9.18 Å². The molecule has 0 aliphatic carbocycles. The molecule has 0 saturated carbocycles. The third kappa shape index (κ3) is 3.93. The summed E-state index contributed by atoms with van der Waals surface area (Å²) in [5.41, 5.74) is 3.50. The number of nitrogens with zero attached hydrogens (tertiary/aromatic N) is 4. The van der Waals surface area contributed by atoms with Crippen LogP contribution in [-0.4, -0.2) is 25.5 Å².